The van der Waals surface area contributed by atoms with Crippen molar-refractivity contribution in [2.45, 2.75) is 31.9 Å². The first kappa shape index (κ1) is 13.8. The molecule has 4 nitrogen and oxygen atoms in total. The minimum atomic E-state index is -0.625. The van der Waals surface area contributed by atoms with Crippen LogP contribution in [0.4, 0.5) is 0 Å². The second-order valence-corrected chi connectivity index (χ2v) is 5.50. The lowest BCUT2D eigenvalue weighted by Gasteiger charge is -2.17. The number of nitrogens with one attached hydrogen (secondary N) is 1. The van der Waals surface area contributed by atoms with Gasteiger partial charge in [-0.2, -0.15) is 0 Å². The Labute approximate surface area is 123 Å². The van der Waals surface area contributed by atoms with Crippen molar-refractivity contribution < 1.29 is 9.90 Å². The lowest BCUT2D eigenvalue weighted by molar-refractivity contribution is -0.121. The fourth-order valence-electron chi connectivity index (χ4n) is 2.82. The van der Waals surface area contributed by atoms with Gasteiger partial charge in [-0.3, -0.25) is 9.78 Å². The number of hydrogen-bond donors (Lipinski definition) is 2. The average Bonchev–Trinajstić information content (AvgIpc) is 2.78. The van der Waals surface area contributed by atoms with Crippen LogP contribution < -0.4 is 5.32 Å². The number of rotatable bonds is 3. The zero-order chi connectivity index (χ0) is 14.8. The topological polar surface area (TPSA) is 62.2 Å². The Morgan fingerprint density at radius 3 is 2.95 bits per heavy atom. The molecule has 4 heteroatoms. The number of aliphatic hydroxyl groups excluding tert-OH is 1. The van der Waals surface area contributed by atoms with E-state index in [1.165, 1.54) is 0 Å². The molecule has 1 heterocycles. The van der Waals surface area contributed by atoms with Crippen LogP contribution in [0.1, 0.15) is 28.4 Å². The van der Waals surface area contributed by atoms with Crippen molar-refractivity contribution in [1.82, 2.24) is 10.3 Å². The summed E-state index contributed by atoms with van der Waals surface area (Å²) < 4.78 is 0. The molecule has 0 fully saturated rings. The van der Waals surface area contributed by atoms with Crippen LogP contribution in [0.3, 0.4) is 0 Å². The smallest absolute Gasteiger partial charge is 0.224 e. The number of hydrogen-bond acceptors (Lipinski definition) is 3. The summed E-state index contributed by atoms with van der Waals surface area (Å²) in [5, 5.41) is 13.2. The van der Waals surface area contributed by atoms with Gasteiger partial charge in [-0.1, -0.05) is 24.3 Å². The molecule has 0 bridgehead atoms. The second-order valence-electron chi connectivity index (χ2n) is 5.50. The zero-order valence-electron chi connectivity index (χ0n) is 11.9. The number of benzene rings is 1. The molecule has 2 N–H and O–H groups in total. The highest BCUT2D eigenvalue weighted by Gasteiger charge is 2.31. The van der Waals surface area contributed by atoms with Crippen LogP contribution in [-0.2, 0) is 17.6 Å². The van der Waals surface area contributed by atoms with Crippen molar-refractivity contribution in [2.24, 2.45) is 0 Å². The van der Waals surface area contributed by atoms with Crippen LogP contribution in [-0.4, -0.2) is 22.0 Å². The van der Waals surface area contributed by atoms with Gasteiger partial charge in [0, 0.05) is 12.4 Å². The quantitative estimate of drug-likeness (QED) is 0.901. The molecular formula is C17H18N2O2. The maximum Gasteiger partial charge on any atom is 0.224 e. The Hall–Kier alpha value is -2.20. The van der Waals surface area contributed by atoms with E-state index in [-0.39, 0.29) is 11.9 Å². The van der Waals surface area contributed by atoms with Gasteiger partial charge >= 0.3 is 0 Å². The molecule has 0 radical (unpaired) electrons. The van der Waals surface area contributed by atoms with Crippen LogP contribution in [0.2, 0.25) is 0 Å². The maximum atomic E-state index is 12.2. The van der Waals surface area contributed by atoms with Gasteiger partial charge in [-0.25, -0.2) is 0 Å². The molecule has 108 valence electrons. The first-order chi connectivity index (χ1) is 10.1. The number of carbonyl (C=O) groups is 1. The van der Waals surface area contributed by atoms with E-state index >= 15 is 0 Å². The average molecular weight is 282 g/mol. The van der Waals surface area contributed by atoms with E-state index in [0.29, 0.717) is 12.8 Å². The Balaban J connectivity index is 1.66. The molecule has 21 heavy (non-hydrogen) atoms. The number of pyridine rings is 1. The highest BCUT2D eigenvalue weighted by Crippen LogP contribution is 2.31. The van der Waals surface area contributed by atoms with Gasteiger partial charge in [-0.05, 0) is 41.7 Å². The molecule has 1 aliphatic rings. The van der Waals surface area contributed by atoms with E-state index in [0.717, 1.165) is 22.3 Å². The van der Waals surface area contributed by atoms with Crippen molar-refractivity contribution in [2.75, 3.05) is 0 Å². The number of aliphatic hydroxyl groups is 1. The maximum absolute atomic E-state index is 12.2. The second kappa shape index (κ2) is 5.66. The number of aryl methyl sites for hydroxylation is 1. The van der Waals surface area contributed by atoms with Gasteiger partial charge in [0.2, 0.25) is 5.91 Å². The van der Waals surface area contributed by atoms with Gasteiger partial charge in [0.25, 0.3) is 0 Å². The highest BCUT2D eigenvalue weighted by molar-refractivity contribution is 5.79. The van der Waals surface area contributed by atoms with E-state index < -0.39 is 6.10 Å². The van der Waals surface area contributed by atoms with Gasteiger partial charge in [0.15, 0.2) is 0 Å². The summed E-state index contributed by atoms with van der Waals surface area (Å²) in [5.74, 6) is -0.0806. The fourth-order valence-corrected chi connectivity index (χ4v) is 2.82. The highest BCUT2D eigenvalue weighted by atomic mass is 16.3. The third kappa shape index (κ3) is 2.81. The third-order valence-corrected chi connectivity index (χ3v) is 4.04. The van der Waals surface area contributed by atoms with Crippen LogP contribution in [0.25, 0.3) is 0 Å². The Morgan fingerprint density at radius 1 is 1.38 bits per heavy atom. The molecule has 1 amide bonds. The minimum absolute atomic E-state index is 0.0806. The predicted molar refractivity (Wildman–Crippen MR) is 79.7 cm³/mol. The van der Waals surface area contributed by atoms with Crippen molar-refractivity contribution >= 4 is 5.91 Å². The van der Waals surface area contributed by atoms with Crippen LogP contribution >= 0.6 is 0 Å². The molecule has 0 saturated carbocycles. The zero-order valence-corrected chi connectivity index (χ0v) is 11.9. The normalized spacial score (nSPS) is 20.1. The number of carbonyl (C=O) groups excluding carboxylic acids is 1. The summed E-state index contributed by atoms with van der Waals surface area (Å²) in [6, 6.07) is 9.42. The molecule has 1 aromatic heterocycles. The summed E-state index contributed by atoms with van der Waals surface area (Å²) in [6.45, 7) is 1.96. The van der Waals surface area contributed by atoms with E-state index in [2.05, 4.69) is 10.3 Å². The van der Waals surface area contributed by atoms with Gasteiger partial charge < -0.3 is 10.4 Å². The van der Waals surface area contributed by atoms with Crippen molar-refractivity contribution in [3.05, 3.63) is 65.0 Å². The third-order valence-electron chi connectivity index (χ3n) is 4.04. The van der Waals surface area contributed by atoms with Crippen LogP contribution in [0, 0.1) is 6.92 Å². The van der Waals surface area contributed by atoms with Gasteiger partial charge in [-0.15, -0.1) is 0 Å². The molecule has 2 aromatic rings. The van der Waals surface area contributed by atoms with E-state index in [1.54, 1.807) is 12.4 Å². The number of nitrogens with zero attached hydrogens (tertiary/aromatic N) is 1. The Morgan fingerprint density at radius 2 is 2.19 bits per heavy atom. The van der Waals surface area contributed by atoms with Gasteiger partial charge in [0.1, 0.15) is 0 Å². The molecule has 1 aliphatic carbocycles. The SMILES string of the molecule is Cc1ccncc1CC(=O)N[C@@H]1Cc2ccccc2[C@H]1O. The van der Waals surface area contributed by atoms with Crippen LogP contribution in [0.15, 0.2) is 42.7 Å². The number of aromatic nitrogens is 1. The molecule has 2 atom stereocenters. The largest absolute Gasteiger partial charge is 0.386 e. The van der Waals surface area contributed by atoms with Crippen molar-refractivity contribution in [3.63, 3.8) is 0 Å². The lowest BCUT2D eigenvalue weighted by Crippen LogP contribution is -2.38. The molecule has 0 unspecified atom stereocenters. The summed E-state index contributed by atoms with van der Waals surface area (Å²) >= 11 is 0. The summed E-state index contributed by atoms with van der Waals surface area (Å²) in [6.07, 6.45) is 3.78. The van der Waals surface area contributed by atoms with Gasteiger partial charge in [0.05, 0.1) is 18.6 Å². The van der Waals surface area contributed by atoms with Crippen molar-refractivity contribution in [1.29, 1.82) is 0 Å². The Kier molecular flexibility index (Phi) is 3.71. The molecule has 3 rings (SSSR count). The summed E-state index contributed by atoms with van der Waals surface area (Å²) in [5.41, 5.74) is 3.99. The fraction of sp³-hybridized carbons (Fsp3) is 0.294. The first-order valence-corrected chi connectivity index (χ1v) is 7.10. The van der Waals surface area contributed by atoms with E-state index in [1.807, 2.05) is 37.3 Å². The molecule has 0 aliphatic heterocycles. The summed E-state index contributed by atoms with van der Waals surface area (Å²) in [7, 11) is 0. The lowest BCUT2D eigenvalue weighted by atomic mass is 10.1. The van der Waals surface area contributed by atoms with E-state index in [9.17, 15) is 9.90 Å². The monoisotopic (exact) mass is 282 g/mol. The minimum Gasteiger partial charge on any atom is -0.386 e. The standard InChI is InChI=1S/C17H18N2O2/c1-11-6-7-18-10-13(11)9-16(20)19-15-8-12-4-2-3-5-14(12)17(15)21/h2-7,10,15,17,21H,8-9H2,1H3,(H,19,20)/t15-,17-/m1/s1. The van der Waals surface area contributed by atoms with E-state index in [4.69, 9.17) is 0 Å². The molecule has 0 spiro atoms. The predicted octanol–water partition coefficient (Wildman–Crippen LogP) is 1.71. The molecular weight excluding hydrogens is 264 g/mol. The van der Waals surface area contributed by atoms with Crippen molar-refractivity contribution in [3.8, 4) is 0 Å². The van der Waals surface area contributed by atoms with Crippen LogP contribution in [0.5, 0.6) is 0 Å². The molecule has 1 aromatic carbocycles. The molecule has 0 saturated heterocycles. The number of fused-ring (bicyclic) bond motifs is 1. The Bertz CT molecular complexity index is 669. The number of amides is 1. The first-order valence-electron chi connectivity index (χ1n) is 7.10. The summed E-state index contributed by atoms with van der Waals surface area (Å²) in [4.78, 5) is 16.2.